The summed E-state index contributed by atoms with van der Waals surface area (Å²) >= 11 is 1.47. The van der Waals surface area contributed by atoms with E-state index in [9.17, 15) is 9.18 Å². The second kappa shape index (κ2) is 13.9. The van der Waals surface area contributed by atoms with Crippen LogP contribution in [-0.4, -0.2) is 59.0 Å². The fourth-order valence-electron chi connectivity index (χ4n) is 5.09. The molecule has 3 N–H and O–H groups in total. The number of nitrogens with two attached hydrogens (primary N) is 1. The van der Waals surface area contributed by atoms with Crippen LogP contribution in [-0.2, 0) is 9.53 Å². The fourth-order valence-corrected chi connectivity index (χ4v) is 6.06. The van der Waals surface area contributed by atoms with Crippen LogP contribution in [0.4, 0.5) is 15.2 Å². The number of hydrogen-bond acceptors (Lipinski definition) is 9. The predicted octanol–water partition coefficient (Wildman–Crippen LogP) is 7.25. The lowest BCUT2D eigenvalue weighted by Gasteiger charge is -2.49. The summed E-state index contributed by atoms with van der Waals surface area (Å²) in [6.45, 7) is 19.8. The van der Waals surface area contributed by atoms with E-state index in [1.54, 1.807) is 13.1 Å². The van der Waals surface area contributed by atoms with Gasteiger partial charge in [-0.15, -0.1) is 0 Å². The van der Waals surface area contributed by atoms with Crippen molar-refractivity contribution in [2.75, 3.05) is 24.7 Å². The number of benzene rings is 1. The quantitative estimate of drug-likeness (QED) is 0.181. The number of rotatable bonds is 5. The van der Waals surface area contributed by atoms with Crippen LogP contribution in [0, 0.1) is 5.82 Å². The Hall–Kier alpha value is -3.11. The van der Waals surface area contributed by atoms with Crippen LogP contribution < -0.4 is 16.0 Å². The number of carbonyl (C=O) groups excluding carboxylic acids is 1. The number of piperidine rings is 1. The molecule has 0 spiro atoms. The molecule has 8 nitrogen and oxygen atoms in total. The van der Waals surface area contributed by atoms with Crippen molar-refractivity contribution in [3.63, 3.8) is 0 Å². The molecule has 1 saturated heterocycles. The molecule has 4 rings (SSSR count). The van der Waals surface area contributed by atoms with Crippen LogP contribution in [0.15, 0.2) is 29.3 Å². The monoisotopic (exact) mass is 600 g/mol. The van der Waals surface area contributed by atoms with Crippen LogP contribution in [0.2, 0.25) is 0 Å². The van der Waals surface area contributed by atoms with Gasteiger partial charge in [0.25, 0.3) is 0 Å². The Labute approximate surface area is 255 Å². The molecule has 42 heavy (non-hydrogen) atoms. The number of pyridine rings is 1. The number of hydrogen-bond donors (Lipinski definition) is 2. The van der Waals surface area contributed by atoms with E-state index >= 15 is 0 Å². The first kappa shape index (κ1) is 35.1. The van der Waals surface area contributed by atoms with Gasteiger partial charge in [-0.3, -0.25) is 15.1 Å². The predicted molar refractivity (Wildman–Crippen MR) is 176 cm³/mol. The van der Waals surface area contributed by atoms with Crippen molar-refractivity contribution in [3.05, 3.63) is 35.6 Å². The molecule has 2 atom stereocenters. The summed E-state index contributed by atoms with van der Waals surface area (Å²) in [5.74, 6) is -0.763. The van der Waals surface area contributed by atoms with Crippen molar-refractivity contribution in [2.45, 2.75) is 105 Å². The highest BCUT2D eigenvalue weighted by atomic mass is 32.1. The first-order valence-corrected chi connectivity index (χ1v) is 15.5. The van der Waals surface area contributed by atoms with Crippen LogP contribution in [0.25, 0.3) is 21.6 Å². The molecule has 2 unspecified atom stereocenters. The van der Waals surface area contributed by atoms with E-state index in [2.05, 4.69) is 29.1 Å². The zero-order valence-corrected chi connectivity index (χ0v) is 28.2. The number of ether oxygens (including phenoxy) is 1. The van der Waals surface area contributed by atoms with Gasteiger partial charge in [-0.05, 0) is 78.6 Å². The number of nitrogen functional groups attached to an aromatic ring is 1. The van der Waals surface area contributed by atoms with Gasteiger partial charge < -0.3 is 15.4 Å². The minimum Gasteiger partial charge on any atom is -0.459 e. The molecule has 1 aliphatic heterocycles. The average molecular weight is 601 g/mol. The van der Waals surface area contributed by atoms with Crippen LogP contribution in [0.3, 0.4) is 0 Å². The molecule has 1 fully saturated rings. The van der Waals surface area contributed by atoms with Crippen molar-refractivity contribution in [1.29, 1.82) is 0 Å². The second-order valence-corrected chi connectivity index (χ2v) is 12.8. The van der Waals surface area contributed by atoms with E-state index in [0.29, 0.717) is 23.2 Å². The van der Waals surface area contributed by atoms with Crippen LogP contribution in [0.5, 0.6) is 0 Å². The highest BCUT2D eigenvalue weighted by Crippen LogP contribution is 2.37. The van der Waals surface area contributed by atoms with Crippen LogP contribution in [0.1, 0.15) is 87.6 Å². The number of carbonyl (C=O) groups is 1. The lowest BCUT2D eigenvalue weighted by atomic mass is 9.78. The Morgan fingerprint density at radius 1 is 1.17 bits per heavy atom. The lowest BCUT2D eigenvalue weighted by molar-refractivity contribution is -0.165. The average Bonchev–Trinajstić information content (AvgIpc) is 3.34. The number of esters is 1. The Balaban J connectivity index is 0.00000148. The smallest absolute Gasteiger partial charge is 0.326 e. The number of thiazole rings is 1. The topological polar surface area (TPSA) is 106 Å². The molecule has 232 valence electrons. The van der Waals surface area contributed by atoms with Crippen molar-refractivity contribution in [3.8, 4) is 11.3 Å². The highest BCUT2D eigenvalue weighted by molar-refractivity contribution is 7.21. The van der Waals surface area contributed by atoms with E-state index in [0.717, 1.165) is 21.9 Å². The Morgan fingerprint density at radius 2 is 1.81 bits per heavy atom. The number of nitrogens with zero attached hydrogens (tertiary/aromatic N) is 4. The molecule has 3 aromatic rings. The molecule has 0 aliphatic carbocycles. The fraction of sp³-hybridized carbons (Fsp3) is 0.562. The molecule has 10 heteroatoms. The maximum atomic E-state index is 14.5. The third-order valence-electron chi connectivity index (χ3n) is 6.67. The summed E-state index contributed by atoms with van der Waals surface area (Å²) in [5, 5.41) is 4.33. The summed E-state index contributed by atoms with van der Waals surface area (Å²) in [6.07, 6.45) is 2.93. The first-order valence-electron chi connectivity index (χ1n) is 14.7. The normalized spacial score (nSPS) is 19.9. The summed E-state index contributed by atoms with van der Waals surface area (Å²) in [4.78, 5) is 29.6. The molecule has 0 amide bonds. The maximum absolute atomic E-state index is 14.5. The zero-order valence-electron chi connectivity index (χ0n) is 27.3. The standard InChI is InChI=1S/C28H37FN6O2S.2C2H6/c1-26(2,3)37-24(36)28(6)14-18(13-27(4,5)34-28)35(8)25-33-21-10-9-20(32-23(21)38-25)16-11-17(15-31-7)22(30)19(29)12-16;2*1-2/h9-12,15,18,34H,13-14,30H2,1-8H3;2*1-2H3. The minimum absolute atomic E-state index is 0.0471. The number of nitrogens with one attached hydrogen (secondary N) is 1. The second-order valence-electron chi connectivity index (χ2n) is 11.9. The zero-order chi connectivity index (χ0) is 32.0. The van der Waals surface area contributed by atoms with Crippen LogP contribution >= 0.6 is 11.3 Å². The van der Waals surface area contributed by atoms with Crippen molar-refractivity contribution in [2.24, 2.45) is 4.99 Å². The number of anilines is 2. The molecule has 1 aromatic carbocycles. The van der Waals surface area contributed by atoms with Gasteiger partial charge in [-0.1, -0.05) is 39.0 Å². The highest BCUT2D eigenvalue weighted by Gasteiger charge is 2.48. The number of aromatic nitrogens is 2. The van der Waals surface area contributed by atoms with Gasteiger partial charge in [0.15, 0.2) is 5.13 Å². The molecule has 0 bridgehead atoms. The Bertz CT molecular complexity index is 1400. The van der Waals surface area contributed by atoms with Gasteiger partial charge in [0.05, 0.1) is 11.4 Å². The molecule has 0 saturated carbocycles. The largest absolute Gasteiger partial charge is 0.459 e. The molecular weight excluding hydrogens is 551 g/mol. The van der Waals surface area contributed by atoms with E-state index in [4.69, 9.17) is 20.4 Å². The molecule has 0 radical (unpaired) electrons. The van der Waals surface area contributed by atoms with Gasteiger partial charge in [0.1, 0.15) is 27.3 Å². The summed E-state index contributed by atoms with van der Waals surface area (Å²) < 4.78 is 20.2. The van der Waals surface area contributed by atoms with Gasteiger partial charge in [-0.25, -0.2) is 14.4 Å². The third-order valence-corrected chi connectivity index (χ3v) is 7.73. The number of fused-ring (bicyclic) bond motifs is 1. The van der Waals surface area contributed by atoms with E-state index < -0.39 is 17.0 Å². The van der Waals surface area contributed by atoms with Gasteiger partial charge in [0, 0.05) is 43.0 Å². The minimum atomic E-state index is -0.839. The van der Waals surface area contributed by atoms with Crippen molar-refractivity contribution in [1.82, 2.24) is 15.3 Å². The van der Waals surface area contributed by atoms with E-state index in [1.165, 1.54) is 23.6 Å². The van der Waals surface area contributed by atoms with Gasteiger partial charge in [0.2, 0.25) is 0 Å². The summed E-state index contributed by atoms with van der Waals surface area (Å²) in [7, 11) is 3.62. The molecule has 3 heterocycles. The van der Waals surface area contributed by atoms with Crippen molar-refractivity contribution >= 4 is 44.7 Å². The van der Waals surface area contributed by atoms with Gasteiger partial charge >= 0.3 is 5.97 Å². The Kier molecular flexibility index (Phi) is 11.6. The Morgan fingerprint density at radius 3 is 2.40 bits per heavy atom. The molecular formula is C32H49FN6O2S. The molecule has 1 aliphatic rings. The van der Waals surface area contributed by atoms with E-state index in [1.807, 2.05) is 74.6 Å². The summed E-state index contributed by atoms with van der Waals surface area (Å²) in [6, 6.07) is 6.94. The first-order chi connectivity index (χ1) is 19.6. The van der Waals surface area contributed by atoms with Gasteiger partial charge in [-0.2, -0.15) is 0 Å². The number of aliphatic imine (C=N–C) groups is 1. The van der Waals surface area contributed by atoms with E-state index in [-0.39, 0.29) is 23.2 Å². The lowest BCUT2D eigenvalue weighted by Crippen LogP contribution is -2.67. The summed E-state index contributed by atoms with van der Waals surface area (Å²) in [5.41, 5.74) is 6.74. The SMILES string of the molecule is CC.CC.CN=Cc1cc(-c2ccc3nc(N(C)C4CC(C)(C)NC(C)(C(=O)OC(C)(C)C)C4)sc3n2)cc(F)c1N. The van der Waals surface area contributed by atoms with Crippen molar-refractivity contribution < 1.29 is 13.9 Å². The number of halogens is 1. The third kappa shape index (κ3) is 8.25. The maximum Gasteiger partial charge on any atom is 0.326 e. The molecule has 2 aromatic heterocycles.